The first-order chi connectivity index (χ1) is 6.61. The van der Waals surface area contributed by atoms with Crippen LogP contribution in [0.1, 0.15) is 32.0 Å². The van der Waals surface area contributed by atoms with Gasteiger partial charge >= 0.3 is 0 Å². The van der Waals surface area contributed by atoms with Crippen LogP contribution in [0, 0.1) is 6.92 Å². The predicted octanol–water partition coefficient (Wildman–Crippen LogP) is 0.835. The number of aromatic nitrogens is 2. The number of nitrogens with one attached hydrogen (secondary N) is 1. The largest absolute Gasteiger partial charge is 0.353 e. The highest BCUT2D eigenvalue weighted by atomic mass is 16.5. The van der Waals surface area contributed by atoms with E-state index >= 15 is 0 Å². The fourth-order valence-corrected chi connectivity index (χ4v) is 0.977. The Morgan fingerprint density at radius 1 is 1.64 bits per heavy atom. The molecule has 5 heteroatoms. The second kappa shape index (κ2) is 4.74. The molecule has 0 saturated heterocycles. The molecular weight excluding hydrogens is 182 g/mol. The van der Waals surface area contributed by atoms with Crippen LogP contribution < -0.4 is 5.32 Å². The number of aryl methyl sites for hydroxylation is 1. The van der Waals surface area contributed by atoms with Gasteiger partial charge in [0.25, 0.3) is 0 Å². The summed E-state index contributed by atoms with van der Waals surface area (Å²) in [6.07, 6.45) is 1.07. The van der Waals surface area contributed by atoms with Crippen molar-refractivity contribution in [3.63, 3.8) is 0 Å². The summed E-state index contributed by atoms with van der Waals surface area (Å²) in [6, 6.07) is 0.187. The van der Waals surface area contributed by atoms with Crippen molar-refractivity contribution in [3.05, 3.63) is 11.7 Å². The third-order valence-electron chi connectivity index (χ3n) is 1.90. The van der Waals surface area contributed by atoms with Crippen LogP contribution in [0.15, 0.2) is 4.52 Å². The van der Waals surface area contributed by atoms with Crippen LogP contribution in [0.2, 0.25) is 0 Å². The molecule has 0 saturated carbocycles. The molecule has 0 radical (unpaired) electrons. The molecule has 1 rings (SSSR count). The summed E-state index contributed by atoms with van der Waals surface area (Å²) in [5.41, 5.74) is 0. The lowest BCUT2D eigenvalue weighted by atomic mass is 10.2. The fourth-order valence-electron chi connectivity index (χ4n) is 0.977. The Hall–Kier alpha value is -1.39. The van der Waals surface area contributed by atoms with Crippen molar-refractivity contribution < 1.29 is 9.32 Å². The number of hydrogen-bond donors (Lipinski definition) is 1. The summed E-state index contributed by atoms with van der Waals surface area (Å²) >= 11 is 0. The zero-order chi connectivity index (χ0) is 10.6. The molecule has 1 aromatic heterocycles. The van der Waals surface area contributed by atoms with Crippen LogP contribution >= 0.6 is 0 Å². The number of rotatable bonds is 4. The molecule has 0 aliphatic carbocycles. The summed E-state index contributed by atoms with van der Waals surface area (Å²) in [5, 5.41) is 6.42. The normalized spacial score (nSPS) is 12.5. The average Bonchev–Trinajstić information content (AvgIpc) is 2.50. The van der Waals surface area contributed by atoms with Gasteiger partial charge in [0.1, 0.15) is 6.42 Å². The van der Waals surface area contributed by atoms with Gasteiger partial charge in [-0.25, -0.2) is 0 Å². The molecule has 1 N–H and O–H groups in total. The molecule has 78 valence electrons. The Kier molecular flexibility index (Phi) is 3.62. The van der Waals surface area contributed by atoms with Crippen molar-refractivity contribution in [2.45, 2.75) is 39.7 Å². The highest BCUT2D eigenvalue weighted by Gasteiger charge is 2.10. The summed E-state index contributed by atoms with van der Waals surface area (Å²) in [4.78, 5) is 15.3. The van der Waals surface area contributed by atoms with Gasteiger partial charge < -0.3 is 9.84 Å². The van der Waals surface area contributed by atoms with Crippen LogP contribution in [0.3, 0.4) is 0 Å². The zero-order valence-electron chi connectivity index (χ0n) is 8.70. The molecule has 0 bridgehead atoms. The number of carbonyl (C=O) groups excluding carboxylic acids is 1. The standard InChI is InChI=1S/C9H15N3O2/c1-4-6(2)10-8(13)5-9-11-7(3)12-14-9/h6H,4-5H2,1-3H3,(H,10,13). The average molecular weight is 197 g/mol. The second-order valence-corrected chi connectivity index (χ2v) is 3.29. The van der Waals surface area contributed by atoms with Crippen molar-refractivity contribution >= 4 is 5.91 Å². The lowest BCUT2D eigenvalue weighted by Crippen LogP contribution is -2.33. The van der Waals surface area contributed by atoms with Gasteiger partial charge in [-0.1, -0.05) is 12.1 Å². The minimum absolute atomic E-state index is 0.0806. The van der Waals surface area contributed by atoms with Gasteiger partial charge in [-0.05, 0) is 20.3 Å². The Labute approximate surface area is 82.9 Å². The maximum Gasteiger partial charge on any atom is 0.236 e. The summed E-state index contributed by atoms with van der Waals surface area (Å²) in [5.74, 6) is 0.836. The van der Waals surface area contributed by atoms with Crippen LogP contribution in [-0.2, 0) is 11.2 Å². The molecule has 1 amide bonds. The molecular formula is C9H15N3O2. The molecule has 14 heavy (non-hydrogen) atoms. The molecule has 1 aromatic rings. The molecule has 0 aromatic carbocycles. The Morgan fingerprint density at radius 3 is 2.86 bits per heavy atom. The van der Waals surface area contributed by atoms with Gasteiger partial charge in [0, 0.05) is 6.04 Å². The number of hydrogen-bond acceptors (Lipinski definition) is 4. The lowest BCUT2D eigenvalue weighted by molar-refractivity contribution is -0.121. The van der Waals surface area contributed by atoms with Crippen molar-refractivity contribution in [3.8, 4) is 0 Å². The molecule has 0 aliphatic heterocycles. The fraction of sp³-hybridized carbons (Fsp3) is 0.667. The molecule has 1 heterocycles. The molecule has 5 nitrogen and oxygen atoms in total. The van der Waals surface area contributed by atoms with Crippen molar-refractivity contribution in [2.75, 3.05) is 0 Å². The first-order valence-electron chi connectivity index (χ1n) is 4.70. The molecule has 0 fully saturated rings. The van der Waals surface area contributed by atoms with Gasteiger partial charge in [0.05, 0.1) is 0 Å². The Bertz CT molecular complexity index is 309. The van der Waals surface area contributed by atoms with E-state index < -0.39 is 0 Å². The summed E-state index contributed by atoms with van der Waals surface area (Å²) in [6.45, 7) is 5.69. The van der Waals surface area contributed by atoms with E-state index in [2.05, 4.69) is 15.5 Å². The topological polar surface area (TPSA) is 68.0 Å². The highest BCUT2D eigenvalue weighted by Crippen LogP contribution is 1.97. The van der Waals surface area contributed by atoms with Gasteiger partial charge in [-0.3, -0.25) is 4.79 Å². The highest BCUT2D eigenvalue weighted by molar-refractivity contribution is 5.77. The number of carbonyl (C=O) groups is 1. The quantitative estimate of drug-likeness (QED) is 0.776. The van der Waals surface area contributed by atoms with Crippen molar-refractivity contribution in [1.29, 1.82) is 0 Å². The minimum atomic E-state index is -0.0806. The Balaban J connectivity index is 2.41. The third kappa shape index (κ3) is 3.16. The van der Waals surface area contributed by atoms with Crippen LogP contribution in [0.5, 0.6) is 0 Å². The smallest absolute Gasteiger partial charge is 0.236 e. The first kappa shape index (κ1) is 10.7. The molecule has 0 aliphatic rings. The van der Waals surface area contributed by atoms with E-state index in [9.17, 15) is 4.79 Å². The first-order valence-corrected chi connectivity index (χ1v) is 4.70. The second-order valence-electron chi connectivity index (χ2n) is 3.29. The van der Waals surface area contributed by atoms with Gasteiger partial charge in [-0.15, -0.1) is 0 Å². The Morgan fingerprint density at radius 2 is 2.36 bits per heavy atom. The zero-order valence-corrected chi connectivity index (χ0v) is 8.70. The van der Waals surface area contributed by atoms with E-state index in [0.29, 0.717) is 11.7 Å². The van der Waals surface area contributed by atoms with Gasteiger partial charge in [0.2, 0.25) is 11.8 Å². The van der Waals surface area contributed by atoms with Crippen LogP contribution in [0.4, 0.5) is 0 Å². The summed E-state index contributed by atoms with van der Waals surface area (Å²) in [7, 11) is 0. The monoisotopic (exact) mass is 197 g/mol. The van der Waals surface area contributed by atoms with Crippen LogP contribution in [0.25, 0.3) is 0 Å². The minimum Gasteiger partial charge on any atom is -0.353 e. The molecule has 1 unspecified atom stereocenters. The third-order valence-corrected chi connectivity index (χ3v) is 1.90. The van der Waals surface area contributed by atoms with E-state index in [1.165, 1.54) is 0 Å². The SMILES string of the molecule is CCC(C)NC(=O)Cc1nc(C)no1. The van der Waals surface area contributed by atoms with E-state index in [4.69, 9.17) is 4.52 Å². The maximum absolute atomic E-state index is 11.4. The lowest BCUT2D eigenvalue weighted by Gasteiger charge is -2.09. The van der Waals surface area contributed by atoms with Gasteiger partial charge in [0.15, 0.2) is 5.82 Å². The number of amides is 1. The van der Waals surface area contributed by atoms with E-state index in [0.717, 1.165) is 6.42 Å². The predicted molar refractivity (Wildman–Crippen MR) is 50.6 cm³/mol. The van der Waals surface area contributed by atoms with Gasteiger partial charge in [-0.2, -0.15) is 4.98 Å². The number of nitrogens with zero attached hydrogens (tertiary/aromatic N) is 2. The van der Waals surface area contributed by atoms with Crippen LogP contribution in [-0.4, -0.2) is 22.1 Å². The van der Waals surface area contributed by atoms with Crippen molar-refractivity contribution in [1.82, 2.24) is 15.5 Å². The van der Waals surface area contributed by atoms with E-state index in [1.54, 1.807) is 6.92 Å². The van der Waals surface area contributed by atoms with E-state index in [-0.39, 0.29) is 18.4 Å². The summed E-state index contributed by atoms with van der Waals surface area (Å²) < 4.78 is 4.83. The molecule has 0 spiro atoms. The van der Waals surface area contributed by atoms with Crippen molar-refractivity contribution in [2.24, 2.45) is 0 Å². The van der Waals surface area contributed by atoms with E-state index in [1.807, 2.05) is 13.8 Å². The molecule has 1 atom stereocenters. The maximum atomic E-state index is 11.4.